The van der Waals surface area contributed by atoms with E-state index in [9.17, 15) is 14.0 Å². The van der Waals surface area contributed by atoms with Gasteiger partial charge in [0.2, 0.25) is 5.91 Å². The van der Waals surface area contributed by atoms with Crippen LogP contribution in [0.15, 0.2) is 18.2 Å². The van der Waals surface area contributed by atoms with Gasteiger partial charge in [-0.2, -0.15) is 0 Å². The van der Waals surface area contributed by atoms with E-state index >= 15 is 0 Å². The van der Waals surface area contributed by atoms with Crippen LogP contribution in [0.4, 0.5) is 4.39 Å². The lowest BCUT2D eigenvalue weighted by Crippen LogP contribution is -2.27. The molecule has 0 fully saturated rings. The molecule has 0 unspecified atom stereocenters. The maximum absolute atomic E-state index is 13.4. The van der Waals surface area contributed by atoms with Crippen LogP contribution in [-0.2, 0) is 11.3 Å². The number of amides is 1. The van der Waals surface area contributed by atoms with Gasteiger partial charge in [0.15, 0.2) is 0 Å². The molecular formula is C14H18FNO3. The van der Waals surface area contributed by atoms with Crippen LogP contribution >= 0.6 is 0 Å². The first-order chi connectivity index (χ1) is 8.69. The van der Waals surface area contributed by atoms with Crippen LogP contribution in [0.2, 0.25) is 0 Å². The molecule has 1 aromatic rings. The van der Waals surface area contributed by atoms with E-state index in [1.54, 1.807) is 0 Å². The lowest BCUT2D eigenvalue weighted by molar-refractivity contribution is -0.122. The highest BCUT2D eigenvalue weighted by molar-refractivity contribution is 5.87. The number of aromatic carboxylic acids is 1. The fourth-order valence-corrected chi connectivity index (χ4v) is 1.59. The van der Waals surface area contributed by atoms with Gasteiger partial charge in [-0.05, 0) is 23.1 Å². The molecule has 0 saturated carbocycles. The predicted molar refractivity (Wildman–Crippen MR) is 69.3 cm³/mol. The van der Waals surface area contributed by atoms with E-state index in [0.717, 1.165) is 6.07 Å². The number of carboxylic acid groups (broad SMARTS) is 1. The number of hydrogen-bond donors (Lipinski definition) is 2. The molecule has 0 radical (unpaired) electrons. The average molecular weight is 267 g/mol. The van der Waals surface area contributed by atoms with Crippen molar-refractivity contribution in [3.8, 4) is 0 Å². The first-order valence-corrected chi connectivity index (χ1v) is 5.97. The number of carbonyl (C=O) groups excluding carboxylic acids is 1. The molecule has 0 aromatic heterocycles. The summed E-state index contributed by atoms with van der Waals surface area (Å²) in [6.07, 6.45) is 0.378. The van der Waals surface area contributed by atoms with Crippen molar-refractivity contribution in [2.45, 2.75) is 33.7 Å². The van der Waals surface area contributed by atoms with Gasteiger partial charge in [0.25, 0.3) is 0 Å². The quantitative estimate of drug-likeness (QED) is 0.881. The minimum Gasteiger partial charge on any atom is -0.478 e. The van der Waals surface area contributed by atoms with Crippen molar-refractivity contribution in [1.29, 1.82) is 0 Å². The second-order valence-corrected chi connectivity index (χ2v) is 5.63. The molecule has 0 aliphatic rings. The molecule has 1 amide bonds. The standard InChI is InChI=1S/C14H18FNO3/c1-14(2,3)7-12(17)16-8-9-4-5-10(13(18)19)11(15)6-9/h4-6H,7-8H2,1-3H3,(H,16,17)(H,18,19). The maximum atomic E-state index is 13.4. The van der Waals surface area contributed by atoms with Crippen molar-refractivity contribution in [1.82, 2.24) is 5.32 Å². The fraction of sp³-hybridized carbons (Fsp3) is 0.429. The monoisotopic (exact) mass is 267 g/mol. The Morgan fingerprint density at radius 1 is 1.32 bits per heavy atom. The molecule has 104 valence electrons. The zero-order valence-corrected chi connectivity index (χ0v) is 11.3. The molecule has 0 atom stereocenters. The molecule has 0 aliphatic carbocycles. The van der Waals surface area contributed by atoms with E-state index in [1.165, 1.54) is 12.1 Å². The lowest BCUT2D eigenvalue weighted by Gasteiger charge is -2.17. The number of carbonyl (C=O) groups is 2. The van der Waals surface area contributed by atoms with Crippen LogP contribution in [0.3, 0.4) is 0 Å². The van der Waals surface area contributed by atoms with Gasteiger partial charge < -0.3 is 10.4 Å². The molecule has 0 spiro atoms. The summed E-state index contributed by atoms with van der Waals surface area (Å²) in [5.41, 5.74) is 0.0530. The van der Waals surface area contributed by atoms with Gasteiger partial charge in [-0.3, -0.25) is 4.79 Å². The van der Waals surface area contributed by atoms with Gasteiger partial charge in [0, 0.05) is 13.0 Å². The topological polar surface area (TPSA) is 66.4 Å². The molecule has 1 aromatic carbocycles. The summed E-state index contributed by atoms with van der Waals surface area (Å²) >= 11 is 0. The molecule has 1 rings (SSSR count). The van der Waals surface area contributed by atoms with Gasteiger partial charge in [-0.15, -0.1) is 0 Å². The van der Waals surface area contributed by atoms with Crippen molar-refractivity contribution < 1.29 is 19.1 Å². The van der Waals surface area contributed by atoms with E-state index in [-0.39, 0.29) is 23.4 Å². The molecule has 0 aliphatic heterocycles. The van der Waals surface area contributed by atoms with Crippen molar-refractivity contribution >= 4 is 11.9 Å². The largest absolute Gasteiger partial charge is 0.478 e. The first-order valence-electron chi connectivity index (χ1n) is 5.97. The Hall–Kier alpha value is -1.91. The summed E-state index contributed by atoms with van der Waals surface area (Å²) in [7, 11) is 0. The van der Waals surface area contributed by atoms with E-state index in [2.05, 4.69) is 5.32 Å². The third kappa shape index (κ3) is 5.07. The van der Waals surface area contributed by atoms with E-state index in [0.29, 0.717) is 12.0 Å². The Kier molecular flexibility index (Phi) is 4.64. The summed E-state index contributed by atoms with van der Waals surface area (Å²) in [5, 5.41) is 11.4. The Morgan fingerprint density at radius 3 is 2.42 bits per heavy atom. The van der Waals surface area contributed by atoms with Crippen LogP contribution < -0.4 is 5.32 Å². The van der Waals surface area contributed by atoms with Crippen molar-refractivity contribution in [3.63, 3.8) is 0 Å². The predicted octanol–water partition coefficient (Wildman–Crippen LogP) is 2.58. The first kappa shape index (κ1) is 15.1. The smallest absolute Gasteiger partial charge is 0.338 e. The highest BCUT2D eigenvalue weighted by Crippen LogP contribution is 2.18. The second-order valence-electron chi connectivity index (χ2n) is 5.63. The Balaban J connectivity index is 2.62. The highest BCUT2D eigenvalue weighted by atomic mass is 19.1. The summed E-state index contributed by atoms with van der Waals surface area (Å²) in [6, 6.07) is 3.81. The third-order valence-electron chi connectivity index (χ3n) is 2.44. The molecule has 0 saturated heterocycles. The molecule has 5 heteroatoms. The number of nitrogens with one attached hydrogen (secondary N) is 1. The average Bonchev–Trinajstić information content (AvgIpc) is 2.23. The van der Waals surface area contributed by atoms with Gasteiger partial charge in [-0.25, -0.2) is 9.18 Å². The summed E-state index contributed by atoms with van der Waals surface area (Å²) in [6.45, 7) is 6.04. The van der Waals surface area contributed by atoms with E-state index < -0.39 is 11.8 Å². The van der Waals surface area contributed by atoms with Gasteiger partial charge in [0.1, 0.15) is 5.82 Å². The second kappa shape index (κ2) is 5.82. The number of hydrogen-bond acceptors (Lipinski definition) is 2. The van der Waals surface area contributed by atoms with E-state index in [4.69, 9.17) is 5.11 Å². The minimum absolute atomic E-state index is 0.109. The summed E-state index contributed by atoms with van der Waals surface area (Å²) in [4.78, 5) is 22.2. The van der Waals surface area contributed by atoms with Crippen molar-refractivity contribution in [3.05, 3.63) is 35.1 Å². The summed E-state index contributed by atoms with van der Waals surface area (Å²) < 4.78 is 13.4. The molecule has 0 heterocycles. The SMILES string of the molecule is CC(C)(C)CC(=O)NCc1ccc(C(=O)O)c(F)c1. The Bertz CT molecular complexity index is 492. The number of benzene rings is 1. The normalized spacial score (nSPS) is 11.2. The van der Waals surface area contributed by atoms with Gasteiger partial charge in [-0.1, -0.05) is 26.8 Å². The van der Waals surface area contributed by atoms with Gasteiger partial charge >= 0.3 is 5.97 Å². The number of rotatable bonds is 4. The van der Waals surface area contributed by atoms with Crippen LogP contribution in [0.5, 0.6) is 0 Å². The van der Waals surface area contributed by atoms with Crippen molar-refractivity contribution in [2.24, 2.45) is 5.41 Å². The Morgan fingerprint density at radius 2 is 1.95 bits per heavy atom. The van der Waals surface area contributed by atoms with Crippen LogP contribution in [-0.4, -0.2) is 17.0 Å². The van der Waals surface area contributed by atoms with Crippen LogP contribution in [0.25, 0.3) is 0 Å². The number of halogens is 1. The molecule has 4 nitrogen and oxygen atoms in total. The van der Waals surface area contributed by atoms with Crippen LogP contribution in [0, 0.1) is 11.2 Å². The lowest BCUT2D eigenvalue weighted by atomic mass is 9.92. The molecule has 0 bridgehead atoms. The zero-order chi connectivity index (χ0) is 14.6. The van der Waals surface area contributed by atoms with Crippen LogP contribution in [0.1, 0.15) is 43.1 Å². The maximum Gasteiger partial charge on any atom is 0.338 e. The summed E-state index contributed by atoms with van der Waals surface area (Å²) in [5.74, 6) is -2.22. The zero-order valence-electron chi connectivity index (χ0n) is 11.3. The Labute approximate surface area is 111 Å². The van der Waals surface area contributed by atoms with E-state index in [1.807, 2.05) is 20.8 Å². The molecule has 2 N–H and O–H groups in total. The molecule has 19 heavy (non-hydrogen) atoms. The fourth-order valence-electron chi connectivity index (χ4n) is 1.59. The van der Waals surface area contributed by atoms with Gasteiger partial charge in [0.05, 0.1) is 5.56 Å². The minimum atomic E-state index is -1.30. The number of carboxylic acids is 1. The highest BCUT2D eigenvalue weighted by Gasteiger charge is 2.16. The van der Waals surface area contributed by atoms with Crippen molar-refractivity contribution in [2.75, 3.05) is 0 Å². The molecular weight excluding hydrogens is 249 g/mol. The third-order valence-corrected chi connectivity index (χ3v) is 2.44.